The van der Waals surface area contributed by atoms with Gasteiger partial charge in [0.2, 0.25) is 0 Å². The van der Waals surface area contributed by atoms with Gasteiger partial charge >= 0.3 is 6.03 Å². The fourth-order valence-corrected chi connectivity index (χ4v) is 3.84. The van der Waals surface area contributed by atoms with E-state index in [1.54, 1.807) is 0 Å². The van der Waals surface area contributed by atoms with E-state index in [0.717, 1.165) is 51.9 Å². The number of amides is 2. The van der Waals surface area contributed by atoms with Crippen molar-refractivity contribution in [1.82, 2.24) is 15.5 Å². The minimum atomic E-state index is 0.0940. The van der Waals surface area contributed by atoms with Crippen LogP contribution >= 0.6 is 0 Å². The maximum Gasteiger partial charge on any atom is 0.317 e. The van der Waals surface area contributed by atoms with E-state index in [-0.39, 0.29) is 6.03 Å². The van der Waals surface area contributed by atoms with E-state index in [0.29, 0.717) is 12.1 Å². The molecule has 2 N–H and O–H groups in total. The largest absolute Gasteiger partial charge is 0.371 e. The van der Waals surface area contributed by atoms with Crippen LogP contribution in [-0.4, -0.2) is 56.2 Å². The third-order valence-corrected chi connectivity index (χ3v) is 5.85. The molecule has 5 heteroatoms. The molecule has 3 rings (SSSR count). The van der Waals surface area contributed by atoms with Gasteiger partial charge < -0.3 is 20.4 Å². The third kappa shape index (κ3) is 4.46. The maximum absolute atomic E-state index is 12.5. The first-order chi connectivity index (χ1) is 12.0. The lowest BCUT2D eigenvalue weighted by Crippen LogP contribution is -2.52. The van der Waals surface area contributed by atoms with Crippen LogP contribution in [0, 0.1) is 13.8 Å². The fourth-order valence-electron chi connectivity index (χ4n) is 3.84. The molecule has 0 atom stereocenters. The summed E-state index contributed by atoms with van der Waals surface area (Å²) < 4.78 is 0. The van der Waals surface area contributed by atoms with Gasteiger partial charge in [-0.25, -0.2) is 4.79 Å². The second-order valence-electron chi connectivity index (χ2n) is 7.57. The first-order valence-electron chi connectivity index (χ1n) is 9.61. The van der Waals surface area contributed by atoms with Crippen molar-refractivity contribution in [1.29, 1.82) is 0 Å². The summed E-state index contributed by atoms with van der Waals surface area (Å²) in [7, 11) is 1.94. The molecule has 2 aliphatic rings. The predicted molar refractivity (Wildman–Crippen MR) is 103 cm³/mol. The molecular formula is C20H32N4O. The summed E-state index contributed by atoms with van der Waals surface area (Å²) in [5.74, 6) is 0. The van der Waals surface area contributed by atoms with Crippen molar-refractivity contribution in [2.75, 3.05) is 38.1 Å². The van der Waals surface area contributed by atoms with Crippen LogP contribution in [0.1, 0.15) is 36.8 Å². The Morgan fingerprint density at radius 2 is 1.80 bits per heavy atom. The highest BCUT2D eigenvalue weighted by Crippen LogP contribution is 2.23. The van der Waals surface area contributed by atoms with Gasteiger partial charge in [-0.1, -0.05) is 6.07 Å². The molecular weight excluding hydrogens is 312 g/mol. The zero-order valence-corrected chi connectivity index (χ0v) is 15.8. The lowest BCUT2D eigenvalue weighted by Gasteiger charge is -2.36. The zero-order chi connectivity index (χ0) is 17.8. The van der Waals surface area contributed by atoms with Gasteiger partial charge in [0, 0.05) is 37.9 Å². The summed E-state index contributed by atoms with van der Waals surface area (Å²) in [5.41, 5.74) is 3.99. The average molecular weight is 345 g/mol. The Balaban J connectivity index is 1.48. The highest BCUT2D eigenvalue weighted by atomic mass is 16.2. The Kier molecular flexibility index (Phi) is 5.84. The first kappa shape index (κ1) is 18.1. The van der Waals surface area contributed by atoms with Crippen molar-refractivity contribution in [3.8, 4) is 0 Å². The number of hydrogen-bond acceptors (Lipinski definition) is 3. The number of carbonyl (C=O) groups is 1. The van der Waals surface area contributed by atoms with Crippen LogP contribution in [0.5, 0.6) is 0 Å². The van der Waals surface area contributed by atoms with Gasteiger partial charge in [0.25, 0.3) is 0 Å². The monoisotopic (exact) mass is 344 g/mol. The summed E-state index contributed by atoms with van der Waals surface area (Å²) in [6.45, 7) is 8.35. The van der Waals surface area contributed by atoms with Crippen molar-refractivity contribution < 1.29 is 4.79 Å². The molecule has 2 aliphatic heterocycles. The number of rotatable bonds is 3. The molecule has 25 heavy (non-hydrogen) atoms. The van der Waals surface area contributed by atoms with Crippen molar-refractivity contribution in [2.24, 2.45) is 0 Å². The maximum atomic E-state index is 12.5. The number of piperidine rings is 2. The molecule has 1 aromatic carbocycles. The minimum absolute atomic E-state index is 0.0940. The third-order valence-electron chi connectivity index (χ3n) is 5.85. The topological polar surface area (TPSA) is 47.6 Å². The predicted octanol–water partition coefficient (Wildman–Crippen LogP) is 2.67. The van der Waals surface area contributed by atoms with Gasteiger partial charge in [0.1, 0.15) is 0 Å². The highest BCUT2D eigenvalue weighted by Gasteiger charge is 2.26. The lowest BCUT2D eigenvalue weighted by atomic mass is 10.0. The van der Waals surface area contributed by atoms with Gasteiger partial charge in [-0.3, -0.25) is 0 Å². The van der Waals surface area contributed by atoms with Crippen LogP contribution in [0.4, 0.5) is 10.5 Å². The van der Waals surface area contributed by atoms with E-state index in [9.17, 15) is 4.79 Å². The molecule has 2 heterocycles. The molecule has 2 fully saturated rings. The number of anilines is 1. The Morgan fingerprint density at radius 3 is 2.44 bits per heavy atom. The van der Waals surface area contributed by atoms with Crippen molar-refractivity contribution in [3.05, 3.63) is 29.3 Å². The molecule has 2 amide bonds. The standard InChI is InChI=1S/C20H32N4O/c1-15-4-5-19(14-16(15)2)24-12-8-17(9-13-24)22-20(25)23(3)18-6-10-21-11-7-18/h4-5,14,17-18,21H,6-13H2,1-3H3,(H,22,25). The SMILES string of the molecule is Cc1ccc(N2CCC(NC(=O)N(C)C3CCNCC3)CC2)cc1C. The van der Waals surface area contributed by atoms with Gasteiger partial charge in [-0.2, -0.15) is 0 Å². The highest BCUT2D eigenvalue weighted by molar-refractivity contribution is 5.74. The van der Waals surface area contributed by atoms with Crippen LogP contribution in [0.15, 0.2) is 18.2 Å². The van der Waals surface area contributed by atoms with Gasteiger partial charge in [-0.05, 0) is 75.9 Å². The molecule has 1 aromatic rings. The quantitative estimate of drug-likeness (QED) is 0.886. The summed E-state index contributed by atoms with van der Waals surface area (Å²) in [6.07, 6.45) is 4.13. The molecule has 0 spiro atoms. The number of nitrogens with zero attached hydrogens (tertiary/aromatic N) is 2. The Hall–Kier alpha value is -1.75. The van der Waals surface area contributed by atoms with Crippen LogP contribution < -0.4 is 15.5 Å². The second-order valence-corrected chi connectivity index (χ2v) is 7.57. The molecule has 138 valence electrons. The molecule has 0 aliphatic carbocycles. The van der Waals surface area contributed by atoms with Crippen LogP contribution in [0.25, 0.3) is 0 Å². The number of benzene rings is 1. The number of nitrogens with one attached hydrogen (secondary N) is 2. The molecule has 0 aromatic heterocycles. The number of urea groups is 1. The Morgan fingerprint density at radius 1 is 1.12 bits per heavy atom. The average Bonchev–Trinajstić information content (AvgIpc) is 2.64. The molecule has 0 saturated carbocycles. The second kappa shape index (κ2) is 8.09. The summed E-state index contributed by atoms with van der Waals surface area (Å²) in [4.78, 5) is 16.9. The van der Waals surface area contributed by atoms with E-state index in [1.165, 1.54) is 16.8 Å². The number of hydrogen-bond donors (Lipinski definition) is 2. The molecule has 5 nitrogen and oxygen atoms in total. The lowest BCUT2D eigenvalue weighted by molar-refractivity contribution is 0.171. The zero-order valence-electron chi connectivity index (χ0n) is 15.8. The van der Waals surface area contributed by atoms with E-state index in [2.05, 4.69) is 47.6 Å². The van der Waals surface area contributed by atoms with Crippen molar-refractivity contribution >= 4 is 11.7 Å². The number of carbonyl (C=O) groups excluding carboxylic acids is 1. The van der Waals surface area contributed by atoms with E-state index in [1.807, 2.05) is 11.9 Å². The summed E-state index contributed by atoms with van der Waals surface area (Å²) >= 11 is 0. The number of aryl methyl sites for hydroxylation is 2. The Labute approximate surface area is 151 Å². The molecule has 0 radical (unpaired) electrons. The molecule has 0 bridgehead atoms. The van der Waals surface area contributed by atoms with Gasteiger partial charge in [0.15, 0.2) is 0 Å². The smallest absolute Gasteiger partial charge is 0.317 e. The van der Waals surface area contributed by atoms with Crippen molar-refractivity contribution in [2.45, 2.75) is 51.6 Å². The normalized spacial score (nSPS) is 19.7. The van der Waals surface area contributed by atoms with Gasteiger partial charge in [-0.15, -0.1) is 0 Å². The Bertz CT molecular complexity index is 589. The van der Waals surface area contributed by atoms with E-state index in [4.69, 9.17) is 0 Å². The summed E-state index contributed by atoms with van der Waals surface area (Å²) in [6, 6.07) is 7.45. The van der Waals surface area contributed by atoms with Crippen molar-refractivity contribution in [3.63, 3.8) is 0 Å². The minimum Gasteiger partial charge on any atom is -0.371 e. The van der Waals surface area contributed by atoms with Gasteiger partial charge in [0.05, 0.1) is 0 Å². The van der Waals surface area contributed by atoms with E-state index < -0.39 is 0 Å². The molecule has 2 saturated heterocycles. The summed E-state index contributed by atoms with van der Waals surface area (Å²) in [5, 5.41) is 6.60. The fraction of sp³-hybridized carbons (Fsp3) is 0.650. The molecule has 0 unspecified atom stereocenters. The van der Waals surface area contributed by atoms with Crippen LogP contribution in [-0.2, 0) is 0 Å². The van der Waals surface area contributed by atoms with Crippen LogP contribution in [0.3, 0.4) is 0 Å². The van der Waals surface area contributed by atoms with Crippen LogP contribution in [0.2, 0.25) is 0 Å². The van der Waals surface area contributed by atoms with E-state index >= 15 is 0 Å². The first-order valence-corrected chi connectivity index (χ1v) is 9.61.